The summed E-state index contributed by atoms with van der Waals surface area (Å²) in [5.41, 5.74) is 6.79. The van der Waals surface area contributed by atoms with Crippen molar-refractivity contribution in [2.45, 2.75) is 4.90 Å². The number of para-hydroxylation sites is 1. The third kappa shape index (κ3) is 1.47. The van der Waals surface area contributed by atoms with Crippen LogP contribution in [0.5, 0.6) is 0 Å². The zero-order chi connectivity index (χ0) is 12.9. The molecule has 0 saturated heterocycles. The fourth-order valence-corrected chi connectivity index (χ4v) is 2.97. The molecule has 0 amide bonds. The summed E-state index contributed by atoms with van der Waals surface area (Å²) in [7, 11) is -4.36. The number of aromatic amines is 1. The Balaban J connectivity index is 2.60. The third-order valence-corrected chi connectivity index (χ3v) is 3.88. The lowest BCUT2D eigenvalue weighted by atomic mass is 10.1. The minimum Gasteiger partial charge on any atom is -0.398 e. The fourth-order valence-electron chi connectivity index (χ4n) is 2.19. The van der Waals surface area contributed by atoms with Crippen LogP contribution in [0.1, 0.15) is 0 Å². The van der Waals surface area contributed by atoms with Crippen LogP contribution < -0.4 is 5.73 Å². The van der Waals surface area contributed by atoms with Crippen LogP contribution >= 0.6 is 0 Å². The molecule has 0 aliphatic heterocycles. The van der Waals surface area contributed by atoms with Gasteiger partial charge in [0.15, 0.2) is 0 Å². The molecular weight excluding hydrogens is 252 g/mol. The van der Waals surface area contributed by atoms with Gasteiger partial charge in [-0.25, -0.2) is 0 Å². The standard InChI is InChI=1S/C12H10N2O3S/c13-9-6-5-8-7-3-1-2-4-10(7)14-11(8)12(9)18(15,16)17/h1-6,14H,13H2,(H,15,16,17). The highest BCUT2D eigenvalue weighted by atomic mass is 32.2. The van der Waals surface area contributed by atoms with Crippen molar-refractivity contribution in [2.75, 3.05) is 5.73 Å². The number of nitrogens with one attached hydrogen (secondary N) is 1. The van der Waals surface area contributed by atoms with E-state index in [1.165, 1.54) is 6.07 Å². The second-order valence-electron chi connectivity index (χ2n) is 4.05. The van der Waals surface area contributed by atoms with Gasteiger partial charge >= 0.3 is 0 Å². The van der Waals surface area contributed by atoms with Crippen molar-refractivity contribution >= 4 is 37.6 Å². The van der Waals surface area contributed by atoms with Crippen molar-refractivity contribution in [3.05, 3.63) is 36.4 Å². The van der Waals surface area contributed by atoms with Gasteiger partial charge in [-0.1, -0.05) is 24.3 Å². The number of hydrogen-bond donors (Lipinski definition) is 3. The van der Waals surface area contributed by atoms with E-state index < -0.39 is 10.1 Å². The molecule has 6 heteroatoms. The first-order chi connectivity index (χ1) is 8.48. The monoisotopic (exact) mass is 262 g/mol. The topological polar surface area (TPSA) is 96.2 Å². The smallest absolute Gasteiger partial charge is 0.298 e. The molecule has 3 rings (SSSR count). The van der Waals surface area contributed by atoms with E-state index in [4.69, 9.17) is 5.73 Å². The summed E-state index contributed by atoms with van der Waals surface area (Å²) < 4.78 is 32.1. The summed E-state index contributed by atoms with van der Waals surface area (Å²) >= 11 is 0. The third-order valence-electron chi connectivity index (χ3n) is 2.92. The maximum atomic E-state index is 11.4. The van der Waals surface area contributed by atoms with Crippen LogP contribution in [-0.4, -0.2) is 18.0 Å². The number of hydrogen-bond acceptors (Lipinski definition) is 3. The summed E-state index contributed by atoms with van der Waals surface area (Å²) in [4.78, 5) is 2.71. The lowest BCUT2D eigenvalue weighted by Crippen LogP contribution is -2.03. The average molecular weight is 262 g/mol. The molecule has 2 aromatic carbocycles. The highest BCUT2D eigenvalue weighted by Gasteiger charge is 2.20. The first-order valence-corrected chi connectivity index (χ1v) is 6.69. The van der Waals surface area contributed by atoms with Gasteiger partial charge in [-0.15, -0.1) is 0 Å². The Hall–Kier alpha value is -2.05. The predicted molar refractivity (Wildman–Crippen MR) is 70.0 cm³/mol. The van der Waals surface area contributed by atoms with Gasteiger partial charge in [0, 0.05) is 16.3 Å². The van der Waals surface area contributed by atoms with Crippen LogP contribution in [0.4, 0.5) is 5.69 Å². The maximum absolute atomic E-state index is 11.4. The number of nitrogen functional groups attached to an aromatic ring is 1. The average Bonchev–Trinajstić information content (AvgIpc) is 2.64. The van der Waals surface area contributed by atoms with Crippen molar-refractivity contribution < 1.29 is 13.0 Å². The van der Waals surface area contributed by atoms with Gasteiger partial charge in [0.05, 0.1) is 11.2 Å². The normalized spacial score (nSPS) is 12.3. The fraction of sp³-hybridized carbons (Fsp3) is 0. The second-order valence-corrected chi connectivity index (χ2v) is 5.41. The summed E-state index contributed by atoms with van der Waals surface area (Å²) in [5, 5.41) is 1.60. The molecule has 18 heavy (non-hydrogen) atoms. The number of fused-ring (bicyclic) bond motifs is 3. The SMILES string of the molecule is Nc1ccc2c([nH]c3ccccc32)c1S(=O)(=O)O. The molecule has 1 aromatic heterocycles. The molecule has 0 spiro atoms. The number of H-pyrrole nitrogens is 1. The van der Waals surface area contributed by atoms with Crippen molar-refractivity contribution in [1.82, 2.24) is 4.98 Å². The summed E-state index contributed by atoms with van der Waals surface area (Å²) in [5.74, 6) is 0. The van der Waals surface area contributed by atoms with E-state index in [2.05, 4.69) is 4.98 Å². The summed E-state index contributed by atoms with van der Waals surface area (Å²) in [6.45, 7) is 0. The number of nitrogens with two attached hydrogens (primary N) is 1. The Bertz CT molecular complexity index is 866. The van der Waals surface area contributed by atoms with Gasteiger partial charge in [0.25, 0.3) is 10.1 Å². The highest BCUT2D eigenvalue weighted by Crippen LogP contribution is 2.32. The van der Waals surface area contributed by atoms with Gasteiger partial charge in [0.2, 0.25) is 0 Å². The number of benzene rings is 2. The zero-order valence-corrected chi connectivity index (χ0v) is 10.0. The van der Waals surface area contributed by atoms with Crippen LogP contribution in [-0.2, 0) is 10.1 Å². The number of aromatic nitrogens is 1. The van der Waals surface area contributed by atoms with Gasteiger partial charge in [0.1, 0.15) is 4.90 Å². The Labute approximate surface area is 103 Å². The first-order valence-electron chi connectivity index (χ1n) is 5.25. The van der Waals surface area contributed by atoms with E-state index >= 15 is 0 Å². The van der Waals surface area contributed by atoms with Gasteiger partial charge in [-0.2, -0.15) is 8.42 Å². The van der Waals surface area contributed by atoms with E-state index in [9.17, 15) is 13.0 Å². The van der Waals surface area contributed by atoms with Crippen LogP contribution in [0.25, 0.3) is 21.8 Å². The van der Waals surface area contributed by atoms with Crippen molar-refractivity contribution in [3.8, 4) is 0 Å². The molecule has 92 valence electrons. The van der Waals surface area contributed by atoms with E-state index in [1.54, 1.807) is 6.07 Å². The van der Waals surface area contributed by atoms with Crippen molar-refractivity contribution in [3.63, 3.8) is 0 Å². The molecule has 0 aliphatic rings. The van der Waals surface area contributed by atoms with E-state index in [0.29, 0.717) is 10.9 Å². The molecule has 0 fully saturated rings. The van der Waals surface area contributed by atoms with Crippen LogP contribution in [0, 0.1) is 0 Å². The molecule has 0 unspecified atom stereocenters. The van der Waals surface area contributed by atoms with E-state index in [0.717, 1.165) is 10.9 Å². The van der Waals surface area contributed by atoms with Gasteiger partial charge in [-0.05, 0) is 12.1 Å². The molecule has 0 aliphatic carbocycles. The first kappa shape index (κ1) is 11.1. The molecule has 1 heterocycles. The largest absolute Gasteiger partial charge is 0.398 e. The lowest BCUT2D eigenvalue weighted by Gasteiger charge is -2.03. The molecule has 4 N–H and O–H groups in total. The van der Waals surface area contributed by atoms with Crippen molar-refractivity contribution in [1.29, 1.82) is 0 Å². The quantitative estimate of drug-likeness (QED) is 0.462. The molecule has 0 saturated carbocycles. The van der Waals surface area contributed by atoms with E-state index in [1.807, 2.05) is 24.3 Å². The molecule has 0 radical (unpaired) electrons. The maximum Gasteiger partial charge on any atom is 0.298 e. The minimum atomic E-state index is -4.36. The molecule has 0 atom stereocenters. The lowest BCUT2D eigenvalue weighted by molar-refractivity contribution is 0.484. The summed E-state index contributed by atoms with van der Waals surface area (Å²) in [6.07, 6.45) is 0. The molecular formula is C12H10N2O3S. The van der Waals surface area contributed by atoms with Gasteiger partial charge < -0.3 is 10.7 Å². The predicted octanol–water partition coefficient (Wildman–Crippen LogP) is 2.15. The van der Waals surface area contributed by atoms with Gasteiger partial charge in [-0.3, -0.25) is 4.55 Å². The molecule has 0 bridgehead atoms. The van der Waals surface area contributed by atoms with Crippen LogP contribution in [0.2, 0.25) is 0 Å². The van der Waals surface area contributed by atoms with E-state index in [-0.39, 0.29) is 10.6 Å². The molecule has 3 aromatic rings. The number of anilines is 1. The minimum absolute atomic E-state index is 0.0246. The molecule has 5 nitrogen and oxygen atoms in total. The number of rotatable bonds is 1. The Morgan fingerprint density at radius 3 is 2.50 bits per heavy atom. The second kappa shape index (κ2) is 3.47. The van der Waals surface area contributed by atoms with Crippen LogP contribution in [0.15, 0.2) is 41.3 Å². The zero-order valence-electron chi connectivity index (χ0n) is 9.21. The van der Waals surface area contributed by atoms with Crippen LogP contribution in [0.3, 0.4) is 0 Å². The Kier molecular flexibility index (Phi) is 2.13. The summed E-state index contributed by atoms with van der Waals surface area (Å²) in [6, 6.07) is 10.6. The Morgan fingerprint density at radius 1 is 1.06 bits per heavy atom. The highest BCUT2D eigenvalue weighted by molar-refractivity contribution is 7.86. The van der Waals surface area contributed by atoms with Crippen molar-refractivity contribution in [2.24, 2.45) is 0 Å². The Morgan fingerprint density at radius 2 is 1.78 bits per heavy atom.